The Bertz CT molecular complexity index is 240. The molecule has 19 heavy (non-hydrogen) atoms. The maximum atomic E-state index is 3.75. The molecule has 2 fully saturated rings. The van der Waals surface area contributed by atoms with E-state index in [0.717, 1.165) is 18.5 Å². The van der Waals surface area contributed by atoms with E-state index < -0.39 is 0 Å². The molecule has 1 saturated heterocycles. The van der Waals surface area contributed by atoms with Gasteiger partial charge in [0.15, 0.2) is 0 Å². The monoisotopic (exact) mass is 267 g/mol. The summed E-state index contributed by atoms with van der Waals surface area (Å²) >= 11 is 0. The molecule has 3 nitrogen and oxygen atoms in total. The Balaban J connectivity index is 1.78. The van der Waals surface area contributed by atoms with Crippen LogP contribution in [0, 0.1) is 5.92 Å². The van der Waals surface area contributed by atoms with Crippen LogP contribution in [-0.2, 0) is 0 Å². The van der Waals surface area contributed by atoms with Crippen molar-refractivity contribution < 1.29 is 0 Å². The highest BCUT2D eigenvalue weighted by Crippen LogP contribution is 2.28. The Morgan fingerprint density at radius 3 is 2.21 bits per heavy atom. The molecule has 1 N–H and O–H groups in total. The number of likely N-dealkylation sites (N-methyl/N-ethyl adjacent to an activating group) is 1. The van der Waals surface area contributed by atoms with Crippen molar-refractivity contribution in [1.29, 1.82) is 0 Å². The van der Waals surface area contributed by atoms with Crippen molar-refractivity contribution in [1.82, 2.24) is 15.1 Å². The molecule has 112 valence electrons. The molecule has 0 aromatic rings. The smallest absolute Gasteiger partial charge is 0.0223 e. The summed E-state index contributed by atoms with van der Waals surface area (Å²) in [5.41, 5.74) is 0. The van der Waals surface area contributed by atoms with Crippen molar-refractivity contribution >= 4 is 0 Å². The first-order valence-electron chi connectivity index (χ1n) is 8.40. The lowest BCUT2D eigenvalue weighted by Crippen LogP contribution is -2.53. The molecule has 1 aliphatic heterocycles. The fourth-order valence-corrected chi connectivity index (χ4v) is 3.74. The second kappa shape index (κ2) is 7.61. The number of nitrogens with one attached hydrogen (secondary N) is 1. The molecule has 0 aromatic carbocycles. The molecule has 1 heterocycles. The highest BCUT2D eigenvalue weighted by atomic mass is 15.3. The Labute approximate surface area is 119 Å². The van der Waals surface area contributed by atoms with Gasteiger partial charge in [0.1, 0.15) is 0 Å². The third-order valence-corrected chi connectivity index (χ3v) is 5.03. The number of rotatable bonds is 6. The van der Waals surface area contributed by atoms with Crippen LogP contribution in [0.4, 0.5) is 0 Å². The highest BCUT2D eigenvalue weighted by molar-refractivity contribution is 4.85. The molecule has 3 heteroatoms. The van der Waals surface area contributed by atoms with E-state index in [-0.39, 0.29) is 0 Å². The highest BCUT2D eigenvalue weighted by Gasteiger charge is 2.27. The average Bonchev–Trinajstić information content (AvgIpc) is 2.92. The first kappa shape index (κ1) is 15.3. The van der Waals surface area contributed by atoms with Crippen LogP contribution >= 0.6 is 0 Å². The van der Waals surface area contributed by atoms with Gasteiger partial charge in [-0.3, -0.25) is 9.80 Å². The molecule has 2 rings (SSSR count). The number of nitrogens with zero attached hydrogens (tertiary/aromatic N) is 2. The molecule has 0 bridgehead atoms. The van der Waals surface area contributed by atoms with E-state index in [9.17, 15) is 0 Å². The van der Waals surface area contributed by atoms with Crippen molar-refractivity contribution in [2.45, 2.75) is 58.5 Å². The third-order valence-electron chi connectivity index (χ3n) is 5.03. The van der Waals surface area contributed by atoms with Gasteiger partial charge >= 0.3 is 0 Å². The van der Waals surface area contributed by atoms with Crippen LogP contribution in [0.5, 0.6) is 0 Å². The van der Waals surface area contributed by atoms with Gasteiger partial charge in [-0.15, -0.1) is 0 Å². The summed E-state index contributed by atoms with van der Waals surface area (Å²) in [6.07, 6.45) is 5.80. The van der Waals surface area contributed by atoms with E-state index in [1.807, 2.05) is 0 Å². The van der Waals surface area contributed by atoms with Gasteiger partial charge in [-0.1, -0.05) is 19.8 Å². The van der Waals surface area contributed by atoms with Gasteiger partial charge < -0.3 is 5.32 Å². The Kier molecular flexibility index (Phi) is 6.11. The lowest BCUT2D eigenvalue weighted by molar-refractivity contribution is 0.0946. The van der Waals surface area contributed by atoms with Crippen molar-refractivity contribution in [3.63, 3.8) is 0 Å². The summed E-state index contributed by atoms with van der Waals surface area (Å²) in [6, 6.07) is 1.44. The molecular formula is C16H33N3. The Hall–Kier alpha value is -0.120. The van der Waals surface area contributed by atoms with E-state index in [0.29, 0.717) is 6.04 Å². The lowest BCUT2D eigenvalue weighted by Gasteiger charge is -2.39. The molecule has 0 amide bonds. The summed E-state index contributed by atoms with van der Waals surface area (Å²) in [5, 5.41) is 3.75. The van der Waals surface area contributed by atoms with Gasteiger partial charge in [0.2, 0.25) is 0 Å². The van der Waals surface area contributed by atoms with E-state index in [1.54, 1.807) is 0 Å². The molecule has 1 unspecified atom stereocenters. The van der Waals surface area contributed by atoms with Crippen LogP contribution in [0.25, 0.3) is 0 Å². The van der Waals surface area contributed by atoms with Crippen LogP contribution in [0.3, 0.4) is 0 Å². The SMILES string of the molecule is CCNC(CN1CCN(C(C)C)CC1)C1CCCC1. The minimum Gasteiger partial charge on any atom is -0.313 e. The van der Waals surface area contributed by atoms with Crippen molar-refractivity contribution in [2.75, 3.05) is 39.3 Å². The number of hydrogen-bond donors (Lipinski definition) is 1. The maximum Gasteiger partial charge on any atom is 0.0223 e. The molecule has 1 saturated carbocycles. The number of piperazine rings is 1. The summed E-state index contributed by atoms with van der Waals surface area (Å²) < 4.78 is 0. The normalized spacial score (nSPS) is 25.3. The lowest BCUT2D eigenvalue weighted by atomic mass is 9.97. The first-order valence-corrected chi connectivity index (χ1v) is 8.40. The Morgan fingerprint density at radius 1 is 1.05 bits per heavy atom. The summed E-state index contributed by atoms with van der Waals surface area (Å²) in [6.45, 7) is 14.3. The van der Waals surface area contributed by atoms with Crippen molar-refractivity contribution in [3.8, 4) is 0 Å². The molecular weight excluding hydrogens is 234 g/mol. The quantitative estimate of drug-likeness (QED) is 0.796. The van der Waals surface area contributed by atoms with Gasteiger partial charge in [0, 0.05) is 44.8 Å². The van der Waals surface area contributed by atoms with E-state index in [2.05, 4.69) is 35.9 Å². The van der Waals surface area contributed by atoms with Crippen molar-refractivity contribution in [3.05, 3.63) is 0 Å². The predicted octanol–water partition coefficient (Wildman–Crippen LogP) is 2.18. The zero-order valence-electron chi connectivity index (χ0n) is 13.2. The van der Waals surface area contributed by atoms with Gasteiger partial charge in [-0.25, -0.2) is 0 Å². The Morgan fingerprint density at radius 2 is 1.68 bits per heavy atom. The fraction of sp³-hybridized carbons (Fsp3) is 1.00. The topological polar surface area (TPSA) is 18.5 Å². The molecule has 1 aliphatic carbocycles. The average molecular weight is 267 g/mol. The molecule has 0 spiro atoms. The summed E-state index contributed by atoms with van der Waals surface area (Å²) in [4.78, 5) is 5.29. The molecule has 1 atom stereocenters. The van der Waals surface area contributed by atoms with Crippen LogP contribution in [0.15, 0.2) is 0 Å². The molecule has 2 aliphatic rings. The predicted molar refractivity (Wildman–Crippen MR) is 82.6 cm³/mol. The second-order valence-corrected chi connectivity index (χ2v) is 6.64. The summed E-state index contributed by atoms with van der Waals surface area (Å²) in [7, 11) is 0. The van der Waals surface area contributed by atoms with Crippen LogP contribution < -0.4 is 5.32 Å². The van der Waals surface area contributed by atoms with Gasteiger partial charge in [-0.2, -0.15) is 0 Å². The maximum absolute atomic E-state index is 3.75. The van der Waals surface area contributed by atoms with Gasteiger partial charge in [0.25, 0.3) is 0 Å². The minimum atomic E-state index is 0.710. The summed E-state index contributed by atoms with van der Waals surface area (Å²) in [5.74, 6) is 0.933. The largest absolute Gasteiger partial charge is 0.313 e. The van der Waals surface area contributed by atoms with Gasteiger partial charge in [-0.05, 0) is 39.2 Å². The number of hydrogen-bond acceptors (Lipinski definition) is 3. The molecule has 0 aromatic heterocycles. The van der Waals surface area contributed by atoms with Crippen LogP contribution in [-0.4, -0.2) is 61.2 Å². The van der Waals surface area contributed by atoms with E-state index in [4.69, 9.17) is 0 Å². The van der Waals surface area contributed by atoms with Crippen LogP contribution in [0.2, 0.25) is 0 Å². The van der Waals surface area contributed by atoms with Crippen molar-refractivity contribution in [2.24, 2.45) is 5.92 Å². The standard InChI is InChI=1S/C16H33N3/c1-4-17-16(15-7-5-6-8-15)13-18-9-11-19(12-10-18)14(2)3/h14-17H,4-13H2,1-3H3. The zero-order valence-corrected chi connectivity index (χ0v) is 13.2. The van der Waals surface area contributed by atoms with Gasteiger partial charge in [0.05, 0.1) is 0 Å². The zero-order chi connectivity index (χ0) is 13.7. The van der Waals surface area contributed by atoms with Crippen LogP contribution in [0.1, 0.15) is 46.5 Å². The minimum absolute atomic E-state index is 0.710. The van der Waals surface area contributed by atoms with E-state index >= 15 is 0 Å². The third kappa shape index (κ3) is 4.44. The molecule has 0 radical (unpaired) electrons. The second-order valence-electron chi connectivity index (χ2n) is 6.64. The first-order chi connectivity index (χ1) is 9.20. The fourth-order valence-electron chi connectivity index (χ4n) is 3.74. The van der Waals surface area contributed by atoms with E-state index in [1.165, 1.54) is 58.4 Å².